The average molecular weight is 339 g/mol. The Morgan fingerprint density at radius 2 is 2.16 bits per heavy atom. The van der Waals surface area contributed by atoms with Gasteiger partial charge in [-0.1, -0.05) is 22.0 Å². The summed E-state index contributed by atoms with van der Waals surface area (Å²) < 4.78 is 0.959. The Morgan fingerprint density at radius 3 is 2.74 bits per heavy atom. The molecule has 0 fully saturated rings. The topological polar surface area (TPSA) is 33.2 Å². The Bertz CT molecular complexity index is 609. The van der Waals surface area contributed by atoms with Crippen molar-refractivity contribution in [3.63, 3.8) is 0 Å². The molecule has 1 aromatic heterocycles. The lowest BCUT2D eigenvalue weighted by Crippen LogP contribution is -2.26. The number of carbonyl (C=O) groups is 1. The molecule has 0 aliphatic heterocycles. The van der Waals surface area contributed by atoms with Crippen LogP contribution in [0, 0.1) is 13.8 Å². The highest BCUT2D eigenvalue weighted by atomic mass is 79.9. The lowest BCUT2D eigenvalue weighted by molar-refractivity contribution is 0.0786. The predicted octanol–water partition coefficient (Wildman–Crippen LogP) is 3.79. The molecule has 1 aromatic carbocycles. The molecule has 0 N–H and O–H groups in total. The van der Waals surface area contributed by atoms with E-state index < -0.39 is 0 Å². The van der Waals surface area contributed by atoms with Gasteiger partial charge in [0.2, 0.25) is 0 Å². The molecule has 0 atom stereocenters. The zero-order valence-electron chi connectivity index (χ0n) is 11.1. The third kappa shape index (κ3) is 3.22. The molecule has 0 bridgehead atoms. The van der Waals surface area contributed by atoms with Gasteiger partial charge in [0.25, 0.3) is 5.91 Å². The average Bonchev–Trinajstić information content (AvgIpc) is 2.77. The molecule has 0 radical (unpaired) electrons. The van der Waals surface area contributed by atoms with Gasteiger partial charge < -0.3 is 4.90 Å². The second-order valence-electron chi connectivity index (χ2n) is 4.49. The number of hydrogen-bond donors (Lipinski definition) is 0. The SMILES string of the molecule is Cc1ccc(C(=O)N(C)Cc2scnc2C)cc1Br. The molecule has 2 aromatic rings. The van der Waals surface area contributed by atoms with Crippen molar-refractivity contribution < 1.29 is 4.79 Å². The number of amides is 1. The Kier molecular flexibility index (Phi) is 4.37. The van der Waals surface area contributed by atoms with Gasteiger partial charge in [0, 0.05) is 22.0 Å². The number of hydrogen-bond acceptors (Lipinski definition) is 3. The van der Waals surface area contributed by atoms with Gasteiger partial charge in [-0.2, -0.15) is 0 Å². The van der Waals surface area contributed by atoms with Crippen LogP contribution in [0.3, 0.4) is 0 Å². The van der Waals surface area contributed by atoms with Crippen LogP contribution >= 0.6 is 27.3 Å². The summed E-state index contributed by atoms with van der Waals surface area (Å²) in [5.74, 6) is 0.0218. The molecule has 0 unspecified atom stereocenters. The van der Waals surface area contributed by atoms with Crippen LogP contribution in [-0.2, 0) is 6.54 Å². The zero-order chi connectivity index (χ0) is 14.0. The third-order valence-electron chi connectivity index (χ3n) is 2.99. The number of aryl methyl sites for hydroxylation is 2. The Balaban J connectivity index is 2.15. The van der Waals surface area contributed by atoms with Gasteiger partial charge in [0.05, 0.1) is 17.7 Å². The number of carbonyl (C=O) groups excluding carboxylic acids is 1. The van der Waals surface area contributed by atoms with Crippen LogP contribution in [0.2, 0.25) is 0 Å². The summed E-state index contributed by atoms with van der Waals surface area (Å²) >= 11 is 5.04. The van der Waals surface area contributed by atoms with Crippen LogP contribution in [0.15, 0.2) is 28.2 Å². The molecule has 100 valence electrons. The smallest absolute Gasteiger partial charge is 0.253 e. The first kappa shape index (κ1) is 14.2. The van der Waals surface area contributed by atoms with E-state index in [1.54, 1.807) is 16.2 Å². The maximum absolute atomic E-state index is 12.3. The standard InChI is InChI=1S/C14H15BrN2OS/c1-9-4-5-11(6-12(9)15)14(18)17(3)7-13-10(2)16-8-19-13/h4-6,8H,7H2,1-3H3. The van der Waals surface area contributed by atoms with Crippen molar-refractivity contribution in [3.05, 3.63) is 49.9 Å². The summed E-state index contributed by atoms with van der Waals surface area (Å²) in [7, 11) is 1.81. The summed E-state index contributed by atoms with van der Waals surface area (Å²) in [6.07, 6.45) is 0. The summed E-state index contributed by atoms with van der Waals surface area (Å²) in [5.41, 5.74) is 4.63. The number of benzene rings is 1. The molecular weight excluding hydrogens is 324 g/mol. The van der Waals surface area contributed by atoms with E-state index in [2.05, 4.69) is 20.9 Å². The zero-order valence-corrected chi connectivity index (χ0v) is 13.5. The van der Waals surface area contributed by atoms with Crippen LogP contribution < -0.4 is 0 Å². The molecule has 3 nitrogen and oxygen atoms in total. The number of nitrogens with zero attached hydrogens (tertiary/aromatic N) is 2. The number of halogens is 1. The summed E-state index contributed by atoms with van der Waals surface area (Å²) in [5, 5.41) is 0. The van der Waals surface area contributed by atoms with E-state index in [4.69, 9.17) is 0 Å². The first-order valence-corrected chi connectivity index (χ1v) is 7.57. The van der Waals surface area contributed by atoms with Gasteiger partial charge in [-0.15, -0.1) is 11.3 Å². The molecule has 0 saturated heterocycles. The highest BCUT2D eigenvalue weighted by Crippen LogP contribution is 2.20. The second-order valence-corrected chi connectivity index (χ2v) is 6.28. The molecule has 0 aliphatic carbocycles. The number of thiazole rings is 1. The monoisotopic (exact) mass is 338 g/mol. The van der Waals surface area contributed by atoms with Gasteiger partial charge in [-0.25, -0.2) is 4.98 Å². The minimum Gasteiger partial charge on any atom is -0.336 e. The fourth-order valence-corrected chi connectivity index (χ4v) is 2.92. The Hall–Kier alpha value is -1.20. The molecule has 0 spiro atoms. The van der Waals surface area contributed by atoms with E-state index in [-0.39, 0.29) is 5.91 Å². The predicted molar refractivity (Wildman–Crippen MR) is 81.5 cm³/mol. The normalized spacial score (nSPS) is 10.5. The van der Waals surface area contributed by atoms with Crippen LogP contribution in [0.1, 0.15) is 26.5 Å². The fraction of sp³-hybridized carbons (Fsp3) is 0.286. The van der Waals surface area contributed by atoms with Gasteiger partial charge in [-0.05, 0) is 31.5 Å². The summed E-state index contributed by atoms with van der Waals surface area (Å²) in [6, 6.07) is 5.68. The minimum absolute atomic E-state index is 0.0218. The van der Waals surface area contributed by atoms with E-state index in [9.17, 15) is 4.79 Å². The Labute approximate surface area is 125 Å². The quantitative estimate of drug-likeness (QED) is 0.852. The van der Waals surface area contributed by atoms with Crippen LogP contribution in [0.4, 0.5) is 0 Å². The van der Waals surface area contributed by atoms with Crippen molar-refractivity contribution in [2.24, 2.45) is 0 Å². The van der Waals surface area contributed by atoms with Crippen LogP contribution in [-0.4, -0.2) is 22.8 Å². The maximum atomic E-state index is 12.3. The van der Waals surface area contributed by atoms with E-state index in [1.807, 2.05) is 44.6 Å². The molecule has 0 aliphatic rings. The largest absolute Gasteiger partial charge is 0.336 e. The molecular formula is C14H15BrN2OS. The molecule has 2 rings (SSSR count). The van der Waals surface area contributed by atoms with Crippen molar-refractivity contribution in [1.29, 1.82) is 0 Å². The van der Waals surface area contributed by atoms with Gasteiger partial charge in [0.15, 0.2) is 0 Å². The number of aromatic nitrogens is 1. The van der Waals surface area contributed by atoms with Gasteiger partial charge in [-0.3, -0.25) is 4.79 Å². The highest BCUT2D eigenvalue weighted by Gasteiger charge is 2.14. The van der Waals surface area contributed by atoms with E-state index in [1.165, 1.54) is 0 Å². The van der Waals surface area contributed by atoms with Gasteiger partial charge in [0.1, 0.15) is 0 Å². The van der Waals surface area contributed by atoms with E-state index in [0.29, 0.717) is 12.1 Å². The van der Waals surface area contributed by atoms with Crippen LogP contribution in [0.25, 0.3) is 0 Å². The molecule has 1 heterocycles. The number of rotatable bonds is 3. The highest BCUT2D eigenvalue weighted by molar-refractivity contribution is 9.10. The van der Waals surface area contributed by atoms with Crippen molar-refractivity contribution >= 4 is 33.2 Å². The van der Waals surface area contributed by atoms with Crippen molar-refractivity contribution in [1.82, 2.24) is 9.88 Å². The summed E-state index contributed by atoms with van der Waals surface area (Å²) in [4.78, 5) is 19.4. The first-order chi connectivity index (χ1) is 8.99. The summed E-state index contributed by atoms with van der Waals surface area (Å²) in [6.45, 7) is 4.57. The Morgan fingerprint density at radius 1 is 1.42 bits per heavy atom. The first-order valence-electron chi connectivity index (χ1n) is 5.89. The lowest BCUT2D eigenvalue weighted by atomic mass is 10.1. The van der Waals surface area contributed by atoms with Crippen molar-refractivity contribution in [2.75, 3.05) is 7.05 Å². The molecule has 0 saturated carbocycles. The van der Waals surface area contributed by atoms with Gasteiger partial charge >= 0.3 is 0 Å². The maximum Gasteiger partial charge on any atom is 0.253 e. The molecule has 19 heavy (non-hydrogen) atoms. The second kappa shape index (κ2) is 5.84. The third-order valence-corrected chi connectivity index (χ3v) is 4.77. The lowest BCUT2D eigenvalue weighted by Gasteiger charge is -2.17. The van der Waals surface area contributed by atoms with Crippen molar-refractivity contribution in [2.45, 2.75) is 20.4 Å². The minimum atomic E-state index is 0.0218. The van der Waals surface area contributed by atoms with E-state index in [0.717, 1.165) is 20.6 Å². The van der Waals surface area contributed by atoms with Crippen LogP contribution in [0.5, 0.6) is 0 Å². The fourth-order valence-electron chi connectivity index (χ4n) is 1.71. The van der Waals surface area contributed by atoms with Crippen molar-refractivity contribution in [3.8, 4) is 0 Å². The van der Waals surface area contributed by atoms with E-state index >= 15 is 0 Å². The molecule has 5 heteroatoms. The molecule has 1 amide bonds.